The molecule has 0 radical (unpaired) electrons. The Bertz CT molecular complexity index is 562. The molecular formula is C18H24N2S. The van der Waals surface area contributed by atoms with Gasteiger partial charge >= 0.3 is 0 Å². The molecule has 21 heavy (non-hydrogen) atoms. The van der Waals surface area contributed by atoms with Crippen molar-refractivity contribution < 1.29 is 0 Å². The molecule has 0 atom stereocenters. The molecule has 0 fully saturated rings. The largest absolute Gasteiger partial charge is 0.305 e. The van der Waals surface area contributed by atoms with Crippen LogP contribution in [0.15, 0.2) is 58.3 Å². The van der Waals surface area contributed by atoms with E-state index >= 15 is 0 Å². The summed E-state index contributed by atoms with van der Waals surface area (Å²) in [6.45, 7) is 1.97. The summed E-state index contributed by atoms with van der Waals surface area (Å²) in [6, 6.07) is 17.6. The lowest BCUT2D eigenvalue weighted by Gasteiger charge is -2.11. The Hall–Kier alpha value is -1.29. The summed E-state index contributed by atoms with van der Waals surface area (Å²) in [4.78, 5) is 6.97. The van der Waals surface area contributed by atoms with Crippen LogP contribution in [-0.2, 0) is 13.1 Å². The first kappa shape index (κ1) is 16.1. The highest BCUT2D eigenvalue weighted by Crippen LogP contribution is 2.28. The molecule has 0 bridgehead atoms. The lowest BCUT2D eigenvalue weighted by molar-refractivity contribution is 0.402. The topological polar surface area (TPSA) is 6.48 Å². The molecule has 2 aromatic carbocycles. The van der Waals surface area contributed by atoms with E-state index < -0.39 is 0 Å². The van der Waals surface area contributed by atoms with E-state index in [4.69, 9.17) is 0 Å². The predicted molar refractivity (Wildman–Crippen MR) is 91.8 cm³/mol. The SMILES string of the molecule is CN(C)Cc1ccc(Sc2cccc(CN(C)C)c2)cc1. The van der Waals surface area contributed by atoms with Gasteiger partial charge in [-0.25, -0.2) is 0 Å². The smallest absolute Gasteiger partial charge is 0.0228 e. The Morgan fingerprint density at radius 3 is 1.95 bits per heavy atom. The van der Waals surface area contributed by atoms with Crippen LogP contribution in [0.4, 0.5) is 0 Å². The highest BCUT2D eigenvalue weighted by atomic mass is 32.2. The van der Waals surface area contributed by atoms with Crippen molar-refractivity contribution in [3.05, 3.63) is 59.7 Å². The maximum atomic E-state index is 2.28. The Balaban J connectivity index is 2.04. The summed E-state index contributed by atoms with van der Waals surface area (Å²) in [5.74, 6) is 0. The van der Waals surface area contributed by atoms with Crippen LogP contribution < -0.4 is 0 Å². The number of hydrogen-bond acceptors (Lipinski definition) is 3. The van der Waals surface area contributed by atoms with Crippen molar-refractivity contribution in [1.29, 1.82) is 0 Å². The minimum Gasteiger partial charge on any atom is -0.305 e. The van der Waals surface area contributed by atoms with Gasteiger partial charge in [0, 0.05) is 22.9 Å². The minimum absolute atomic E-state index is 0.982. The van der Waals surface area contributed by atoms with E-state index in [9.17, 15) is 0 Å². The van der Waals surface area contributed by atoms with Gasteiger partial charge in [0.1, 0.15) is 0 Å². The molecule has 0 aliphatic heterocycles. The summed E-state index contributed by atoms with van der Waals surface area (Å²) in [5, 5.41) is 0. The van der Waals surface area contributed by atoms with E-state index in [1.165, 1.54) is 20.9 Å². The van der Waals surface area contributed by atoms with E-state index in [-0.39, 0.29) is 0 Å². The van der Waals surface area contributed by atoms with Crippen molar-refractivity contribution in [2.45, 2.75) is 22.9 Å². The van der Waals surface area contributed by atoms with Crippen LogP contribution in [0.2, 0.25) is 0 Å². The molecule has 0 saturated heterocycles. The van der Waals surface area contributed by atoms with Gasteiger partial charge in [0.15, 0.2) is 0 Å². The van der Waals surface area contributed by atoms with E-state index in [2.05, 4.69) is 86.5 Å². The molecule has 0 N–H and O–H groups in total. The van der Waals surface area contributed by atoms with Crippen LogP contribution in [-0.4, -0.2) is 38.0 Å². The molecule has 0 aromatic heterocycles. The average Bonchev–Trinajstić information content (AvgIpc) is 2.40. The van der Waals surface area contributed by atoms with Gasteiger partial charge in [-0.1, -0.05) is 36.0 Å². The molecule has 0 amide bonds. The third-order valence-electron chi connectivity index (χ3n) is 3.06. The summed E-state index contributed by atoms with van der Waals surface area (Å²) < 4.78 is 0. The lowest BCUT2D eigenvalue weighted by atomic mass is 10.2. The first-order valence-corrected chi connectivity index (χ1v) is 8.00. The first-order valence-electron chi connectivity index (χ1n) is 7.18. The summed E-state index contributed by atoms with van der Waals surface area (Å²) in [6.07, 6.45) is 0. The molecule has 0 aliphatic rings. The summed E-state index contributed by atoms with van der Waals surface area (Å²) in [7, 11) is 8.39. The Morgan fingerprint density at radius 1 is 0.714 bits per heavy atom. The van der Waals surface area contributed by atoms with Crippen molar-refractivity contribution >= 4 is 11.8 Å². The minimum atomic E-state index is 0.982. The quantitative estimate of drug-likeness (QED) is 0.797. The number of nitrogens with zero attached hydrogens (tertiary/aromatic N) is 2. The fourth-order valence-electron chi connectivity index (χ4n) is 2.24. The third kappa shape index (κ3) is 5.54. The fraction of sp³-hybridized carbons (Fsp3) is 0.333. The maximum absolute atomic E-state index is 2.28. The van der Waals surface area contributed by atoms with Gasteiger partial charge < -0.3 is 9.80 Å². The summed E-state index contributed by atoms with van der Waals surface area (Å²) >= 11 is 1.82. The van der Waals surface area contributed by atoms with Crippen LogP contribution in [0.25, 0.3) is 0 Å². The van der Waals surface area contributed by atoms with Crippen molar-refractivity contribution in [3.8, 4) is 0 Å². The highest BCUT2D eigenvalue weighted by molar-refractivity contribution is 7.99. The second-order valence-electron chi connectivity index (χ2n) is 5.87. The van der Waals surface area contributed by atoms with Crippen LogP contribution in [0.3, 0.4) is 0 Å². The second kappa shape index (κ2) is 7.64. The van der Waals surface area contributed by atoms with Crippen molar-refractivity contribution in [1.82, 2.24) is 9.80 Å². The molecule has 2 rings (SSSR count). The number of rotatable bonds is 6. The zero-order valence-corrected chi connectivity index (χ0v) is 14.2. The van der Waals surface area contributed by atoms with Gasteiger partial charge in [-0.3, -0.25) is 0 Å². The van der Waals surface area contributed by atoms with Crippen LogP contribution in [0.5, 0.6) is 0 Å². The van der Waals surface area contributed by atoms with Crippen molar-refractivity contribution in [2.24, 2.45) is 0 Å². The van der Waals surface area contributed by atoms with E-state index in [0.717, 1.165) is 13.1 Å². The predicted octanol–water partition coefficient (Wildman–Crippen LogP) is 3.96. The van der Waals surface area contributed by atoms with E-state index in [1.54, 1.807) is 0 Å². The van der Waals surface area contributed by atoms with Crippen molar-refractivity contribution in [2.75, 3.05) is 28.2 Å². The maximum Gasteiger partial charge on any atom is 0.0228 e. The number of hydrogen-bond donors (Lipinski definition) is 0. The molecule has 2 nitrogen and oxygen atoms in total. The van der Waals surface area contributed by atoms with Crippen molar-refractivity contribution in [3.63, 3.8) is 0 Å². The lowest BCUT2D eigenvalue weighted by Crippen LogP contribution is -2.10. The van der Waals surface area contributed by atoms with Crippen LogP contribution in [0, 0.1) is 0 Å². The summed E-state index contributed by atoms with van der Waals surface area (Å²) in [5.41, 5.74) is 2.71. The van der Waals surface area contributed by atoms with Gasteiger partial charge in [0.25, 0.3) is 0 Å². The zero-order valence-electron chi connectivity index (χ0n) is 13.3. The fourth-order valence-corrected chi connectivity index (χ4v) is 3.14. The van der Waals surface area contributed by atoms with Gasteiger partial charge in [-0.05, 0) is 63.6 Å². The van der Waals surface area contributed by atoms with Gasteiger partial charge in [0.2, 0.25) is 0 Å². The molecule has 0 aliphatic carbocycles. The average molecular weight is 300 g/mol. The van der Waals surface area contributed by atoms with E-state index in [0.29, 0.717) is 0 Å². The molecule has 2 aromatic rings. The Morgan fingerprint density at radius 2 is 1.33 bits per heavy atom. The zero-order chi connectivity index (χ0) is 15.2. The molecular weight excluding hydrogens is 276 g/mol. The molecule has 3 heteroatoms. The van der Waals surface area contributed by atoms with Gasteiger partial charge in [-0.15, -0.1) is 0 Å². The molecule has 112 valence electrons. The molecule has 0 saturated carbocycles. The normalized spacial score (nSPS) is 11.3. The monoisotopic (exact) mass is 300 g/mol. The molecule has 0 unspecified atom stereocenters. The third-order valence-corrected chi connectivity index (χ3v) is 4.05. The Kier molecular flexibility index (Phi) is 5.85. The molecule has 0 spiro atoms. The number of benzene rings is 2. The second-order valence-corrected chi connectivity index (χ2v) is 7.02. The van der Waals surface area contributed by atoms with Gasteiger partial charge in [-0.2, -0.15) is 0 Å². The van der Waals surface area contributed by atoms with Crippen LogP contribution >= 0.6 is 11.8 Å². The van der Waals surface area contributed by atoms with Crippen LogP contribution in [0.1, 0.15) is 11.1 Å². The molecule has 0 heterocycles. The standard InChI is InChI=1S/C18H24N2S/c1-19(2)13-15-8-10-17(11-9-15)21-18-7-5-6-16(12-18)14-20(3)4/h5-12H,13-14H2,1-4H3. The highest BCUT2D eigenvalue weighted by Gasteiger charge is 2.01. The first-order chi connectivity index (χ1) is 10.0. The Labute approximate surface area is 132 Å². The van der Waals surface area contributed by atoms with E-state index in [1.807, 2.05) is 11.8 Å². The van der Waals surface area contributed by atoms with Gasteiger partial charge in [0.05, 0.1) is 0 Å².